The molecule has 0 radical (unpaired) electrons. The molecule has 114 valence electrons. The molecule has 0 spiro atoms. The number of carbonyl (C=O) groups excluding carboxylic acids is 1. The topological polar surface area (TPSA) is 49.8 Å². The first-order valence-electron chi connectivity index (χ1n) is 7.52. The number of fused-ring (bicyclic) bond motifs is 1. The lowest BCUT2D eigenvalue weighted by atomic mass is 9.94. The molecule has 1 saturated heterocycles. The number of aliphatic hydroxyl groups excluding tert-OH is 1. The first-order chi connectivity index (χ1) is 10.2. The average molecular weight is 310 g/mol. The zero-order chi connectivity index (χ0) is 14.8. The number of aliphatic hydroxyl groups is 1. The quantitative estimate of drug-likeness (QED) is 0.932. The van der Waals surface area contributed by atoms with Gasteiger partial charge in [-0.05, 0) is 48.9 Å². The van der Waals surface area contributed by atoms with E-state index < -0.39 is 6.10 Å². The SMILES string of the molecule is O=C(C1Cc2cc(Cl)ccc2O1)N1CCCC(CCO)C1. The molecule has 2 atom stereocenters. The van der Waals surface area contributed by atoms with Crippen molar-refractivity contribution in [2.24, 2.45) is 5.92 Å². The van der Waals surface area contributed by atoms with Gasteiger partial charge in [0.1, 0.15) is 5.75 Å². The molecule has 1 fully saturated rings. The third-order valence-corrected chi connectivity index (χ3v) is 4.58. The van der Waals surface area contributed by atoms with E-state index in [0.717, 1.165) is 43.7 Å². The summed E-state index contributed by atoms with van der Waals surface area (Å²) in [5.74, 6) is 1.23. The maximum Gasteiger partial charge on any atom is 0.264 e. The molecule has 2 unspecified atom stereocenters. The van der Waals surface area contributed by atoms with E-state index in [1.807, 2.05) is 17.0 Å². The van der Waals surface area contributed by atoms with Gasteiger partial charge in [-0.2, -0.15) is 0 Å². The molecule has 1 aromatic carbocycles. The monoisotopic (exact) mass is 309 g/mol. The van der Waals surface area contributed by atoms with Crippen molar-refractivity contribution in [1.29, 1.82) is 0 Å². The Morgan fingerprint density at radius 1 is 1.48 bits per heavy atom. The maximum absolute atomic E-state index is 12.6. The number of hydrogen-bond donors (Lipinski definition) is 1. The van der Waals surface area contributed by atoms with E-state index in [2.05, 4.69) is 0 Å². The molecule has 2 heterocycles. The molecular weight excluding hydrogens is 290 g/mol. The average Bonchev–Trinajstić information content (AvgIpc) is 2.90. The van der Waals surface area contributed by atoms with E-state index >= 15 is 0 Å². The summed E-state index contributed by atoms with van der Waals surface area (Å²) in [6.45, 7) is 1.71. The summed E-state index contributed by atoms with van der Waals surface area (Å²) in [5.41, 5.74) is 1.00. The van der Waals surface area contributed by atoms with Crippen LogP contribution in [0, 0.1) is 5.92 Å². The van der Waals surface area contributed by atoms with Gasteiger partial charge in [-0.25, -0.2) is 0 Å². The van der Waals surface area contributed by atoms with Crippen molar-refractivity contribution in [3.63, 3.8) is 0 Å². The van der Waals surface area contributed by atoms with Crippen molar-refractivity contribution < 1.29 is 14.6 Å². The number of amides is 1. The van der Waals surface area contributed by atoms with Crippen LogP contribution in [-0.4, -0.2) is 41.7 Å². The Labute approximate surface area is 129 Å². The highest BCUT2D eigenvalue weighted by atomic mass is 35.5. The molecule has 2 aliphatic heterocycles. The first-order valence-corrected chi connectivity index (χ1v) is 7.90. The minimum atomic E-state index is -0.425. The summed E-state index contributed by atoms with van der Waals surface area (Å²) in [7, 11) is 0. The van der Waals surface area contributed by atoms with Crippen LogP contribution in [-0.2, 0) is 11.2 Å². The summed E-state index contributed by atoms with van der Waals surface area (Å²) in [4.78, 5) is 14.5. The molecule has 0 bridgehead atoms. The smallest absolute Gasteiger partial charge is 0.264 e. The van der Waals surface area contributed by atoms with E-state index in [1.54, 1.807) is 6.07 Å². The van der Waals surface area contributed by atoms with E-state index in [9.17, 15) is 4.79 Å². The molecule has 1 amide bonds. The summed E-state index contributed by atoms with van der Waals surface area (Å²) >= 11 is 5.98. The van der Waals surface area contributed by atoms with Crippen LogP contribution in [0.2, 0.25) is 5.02 Å². The van der Waals surface area contributed by atoms with Gasteiger partial charge >= 0.3 is 0 Å². The number of carbonyl (C=O) groups is 1. The lowest BCUT2D eigenvalue weighted by Gasteiger charge is -2.33. The second-order valence-electron chi connectivity index (χ2n) is 5.87. The van der Waals surface area contributed by atoms with Gasteiger partial charge in [0, 0.05) is 31.1 Å². The minimum absolute atomic E-state index is 0.0602. The number of nitrogens with zero attached hydrogens (tertiary/aromatic N) is 1. The third kappa shape index (κ3) is 3.16. The fraction of sp³-hybridized carbons (Fsp3) is 0.562. The van der Waals surface area contributed by atoms with Crippen molar-refractivity contribution in [1.82, 2.24) is 4.90 Å². The lowest BCUT2D eigenvalue weighted by molar-refractivity contribution is -0.139. The number of likely N-dealkylation sites (tertiary alicyclic amines) is 1. The fourth-order valence-electron chi connectivity index (χ4n) is 3.24. The molecule has 1 aromatic rings. The molecule has 1 N–H and O–H groups in total. The van der Waals surface area contributed by atoms with Crippen LogP contribution in [0.5, 0.6) is 5.75 Å². The highest BCUT2D eigenvalue weighted by molar-refractivity contribution is 6.30. The van der Waals surface area contributed by atoms with E-state index in [1.165, 1.54) is 0 Å². The fourth-order valence-corrected chi connectivity index (χ4v) is 3.44. The van der Waals surface area contributed by atoms with Crippen molar-refractivity contribution in [3.8, 4) is 5.75 Å². The Hall–Kier alpha value is -1.26. The van der Waals surface area contributed by atoms with Crippen molar-refractivity contribution >= 4 is 17.5 Å². The largest absolute Gasteiger partial charge is 0.480 e. The number of ether oxygens (including phenoxy) is 1. The Morgan fingerprint density at radius 2 is 2.33 bits per heavy atom. The third-order valence-electron chi connectivity index (χ3n) is 4.34. The lowest BCUT2D eigenvalue weighted by Crippen LogP contribution is -2.46. The Kier molecular flexibility index (Phi) is 4.36. The highest BCUT2D eigenvalue weighted by Crippen LogP contribution is 2.32. The standard InChI is InChI=1S/C16H20ClNO3/c17-13-3-4-14-12(8-13)9-15(21-14)16(20)18-6-1-2-11(10-18)5-7-19/h3-4,8,11,15,19H,1-2,5-7,9-10H2. The summed E-state index contributed by atoms with van der Waals surface area (Å²) in [6.07, 6.45) is 3.03. The van der Waals surface area contributed by atoms with Crippen molar-refractivity contribution in [3.05, 3.63) is 28.8 Å². The van der Waals surface area contributed by atoms with Crippen molar-refractivity contribution in [2.75, 3.05) is 19.7 Å². The Morgan fingerprint density at radius 3 is 3.14 bits per heavy atom. The van der Waals surface area contributed by atoms with Gasteiger partial charge in [-0.3, -0.25) is 4.79 Å². The van der Waals surface area contributed by atoms with Gasteiger partial charge in [-0.15, -0.1) is 0 Å². The van der Waals surface area contributed by atoms with Crippen LogP contribution in [0.3, 0.4) is 0 Å². The summed E-state index contributed by atoms with van der Waals surface area (Å²) in [6, 6.07) is 5.48. The number of benzene rings is 1. The molecule has 0 aliphatic carbocycles. The van der Waals surface area contributed by atoms with Gasteiger partial charge in [0.05, 0.1) is 0 Å². The predicted octanol–water partition coefficient (Wildman–Crippen LogP) is 2.26. The summed E-state index contributed by atoms with van der Waals surface area (Å²) in [5, 5.41) is 9.73. The van der Waals surface area contributed by atoms with E-state index in [-0.39, 0.29) is 12.5 Å². The van der Waals surface area contributed by atoms with Gasteiger partial charge in [0.2, 0.25) is 0 Å². The van der Waals surface area contributed by atoms with Crippen LogP contribution < -0.4 is 4.74 Å². The molecule has 5 heteroatoms. The Balaban J connectivity index is 1.64. The van der Waals surface area contributed by atoms with Crippen LogP contribution >= 0.6 is 11.6 Å². The second kappa shape index (κ2) is 6.24. The van der Waals surface area contributed by atoms with Crippen molar-refractivity contribution in [2.45, 2.75) is 31.8 Å². The molecule has 0 saturated carbocycles. The Bertz CT molecular complexity index is 532. The highest BCUT2D eigenvalue weighted by Gasteiger charge is 2.34. The minimum Gasteiger partial charge on any atom is -0.480 e. The van der Waals surface area contributed by atoms with Crippen LogP contribution in [0.1, 0.15) is 24.8 Å². The van der Waals surface area contributed by atoms with Gasteiger partial charge in [-0.1, -0.05) is 11.6 Å². The molecule has 2 aliphatic rings. The molecule has 3 rings (SSSR count). The van der Waals surface area contributed by atoms with Gasteiger partial charge < -0.3 is 14.7 Å². The predicted molar refractivity (Wildman–Crippen MR) is 80.6 cm³/mol. The van der Waals surface area contributed by atoms with E-state index in [0.29, 0.717) is 17.4 Å². The number of hydrogen-bond acceptors (Lipinski definition) is 3. The first kappa shape index (κ1) is 14.7. The maximum atomic E-state index is 12.6. The zero-order valence-electron chi connectivity index (χ0n) is 11.9. The second-order valence-corrected chi connectivity index (χ2v) is 6.30. The molecule has 21 heavy (non-hydrogen) atoms. The number of piperidine rings is 1. The zero-order valence-corrected chi connectivity index (χ0v) is 12.7. The molecule has 4 nitrogen and oxygen atoms in total. The number of halogens is 1. The van der Waals surface area contributed by atoms with Crippen LogP contribution in [0.15, 0.2) is 18.2 Å². The van der Waals surface area contributed by atoms with Crippen LogP contribution in [0.25, 0.3) is 0 Å². The number of rotatable bonds is 3. The molecular formula is C16H20ClNO3. The summed E-state index contributed by atoms with van der Waals surface area (Å²) < 4.78 is 5.77. The van der Waals surface area contributed by atoms with Crippen LogP contribution in [0.4, 0.5) is 0 Å². The van der Waals surface area contributed by atoms with E-state index in [4.69, 9.17) is 21.4 Å². The van der Waals surface area contributed by atoms with Gasteiger partial charge in [0.25, 0.3) is 5.91 Å². The molecule has 0 aromatic heterocycles. The normalized spacial score (nSPS) is 24.6. The van der Waals surface area contributed by atoms with Gasteiger partial charge in [0.15, 0.2) is 6.10 Å².